The lowest BCUT2D eigenvalue weighted by Gasteiger charge is -2.20. The van der Waals surface area contributed by atoms with Crippen molar-refractivity contribution in [3.05, 3.63) is 64.8 Å². The average Bonchev–Trinajstić information content (AvgIpc) is 3.43. The van der Waals surface area contributed by atoms with Crippen LogP contribution in [0.15, 0.2) is 42.9 Å². The van der Waals surface area contributed by atoms with E-state index < -0.39 is 0 Å². The Balaban J connectivity index is 1.35. The SMILES string of the molecule is Nc1ccc(CNc2nc(N3CC4CC4C3)ncc2C(=O)NCc2ncccn2)cc1Cl. The van der Waals surface area contributed by atoms with E-state index >= 15 is 0 Å². The van der Waals surface area contributed by atoms with Crippen LogP contribution in [0.1, 0.15) is 28.2 Å². The smallest absolute Gasteiger partial charge is 0.256 e. The van der Waals surface area contributed by atoms with Gasteiger partial charge in [-0.1, -0.05) is 17.7 Å². The third-order valence-corrected chi connectivity index (χ3v) is 6.16. The number of nitrogens with one attached hydrogen (secondary N) is 2. The van der Waals surface area contributed by atoms with Crippen molar-refractivity contribution in [1.82, 2.24) is 25.3 Å². The third-order valence-electron chi connectivity index (χ3n) is 5.83. The van der Waals surface area contributed by atoms with Crippen molar-refractivity contribution < 1.29 is 4.79 Å². The highest BCUT2D eigenvalue weighted by Gasteiger charge is 2.45. The van der Waals surface area contributed by atoms with Crippen molar-refractivity contribution >= 4 is 35.0 Å². The molecule has 0 radical (unpaired) electrons. The number of halogens is 1. The van der Waals surface area contributed by atoms with E-state index in [-0.39, 0.29) is 12.5 Å². The predicted octanol–water partition coefficient (Wildman–Crippen LogP) is 2.50. The van der Waals surface area contributed by atoms with E-state index in [1.54, 1.807) is 36.8 Å². The molecule has 32 heavy (non-hydrogen) atoms. The highest BCUT2D eigenvalue weighted by atomic mass is 35.5. The summed E-state index contributed by atoms with van der Waals surface area (Å²) in [5.41, 5.74) is 7.61. The fourth-order valence-corrected chi connectivity index (χ4v) is 4.13. The molecule has 2 unspecified atom stereocenters. The van der Waals surface area contributed by atoms with E-state index in [1.165, 1.54) is 6.42 Å². The Hall–Kier alpha value is -3.46. The number of anilines is 3. The van der Waals surface area contributed by atoms with Crippen LogP contribution in [-0.2, 0) is 13.1 Å². The minimum Gasteiger partial charge on any atom is -0.398 e. The number of carbonyl (C=O) groups is 1. The molecule has 1 saturated carbocycles. The number of nitrogens with two attached hydrogens (primary N) is 1. The van der Waals surface area contributed by atoms with Gasteiger partial charge >= 0.3 is 0 Å². The summed E-state index contributed by atoms with van der Waals surface area (Å²) in [6.07, 6.45) is 6.14. The van der Waals surface area contributed by atoms with Crippen LogP contribution in [0.4, 0.5) is 17.5 Å². The molecule has 9 nitrogen and oxygen atoms in total. The van der Waals surface area contributed by atoms with Gasteiger partial charge < -0.3 is 21.3 Å². The number of nitrogens with zero attached hydrogens (tertiary/aromatic N) is 5. The average molecular weight is 451 g/mol. The van der Waals surface area contributed by atoms with E-state index in [1.807, 2.05) is 6.07 Å². The molecule has 0 bridgehead atoms. The van der Waals surface area contributed by atoms with Crippen molar-refractivity contribution in [2.45, 2.75) is 19.5 Å². The van der Waals surface area contributed by atoms with Crippen LogP contribution < -0.4 is 21.3 Å². The lowest BCUT2D eigenvalue weighted by molar-refractivity contribution is 0.0950. The molecular formula is C22H23ClN8O. The van der Waals surface area contributed by atoms with E-state index in [0.717, 1.165) is 30.5 Å². The molecule has 2 aromatic heterocycles. The Morgan fingerprint density at radius 2 is 1.94 bits per heavy atom. The fraction of sp³-hybridized carbons (Fsp3) is 0.318. The van der Waals surface area contributed by atoms with Crippen LogP contribution in [0.5, 0.6) is 0 Å². The Morgan fingerprint density at radius 1 is 1.16 bits per heavy atom. The number of carbonyl (C=O) groups excluding carboxylic acids is 1. The second-order valence-electron chi connectivity index (χ2n) is 8.15. The van der Waals surface area contributed by atoms with Crippen molar-refractivity contribution in [1.29, 1.82) is 0 Å². The second-order valence-corrected chi connectivity index (χ2v) is 8.56. The van der Waals surface area contributed by atoms with Gasteiger partial charge in [0.15, 0.2) is 0 Å². The molecule has 1 aromatic carbocycles. The normalized spacial score (nSPS) is 18.8. The maximum atomic E-state index is 12.9. The largest absolute Gasteiger partial charge is 0.398 e. The van der Waals surface area contributed by atoms with Gasteiger partial charge in [0.05, 0.1) is 17.3 Å². The molecule has 4 N–H and O–H groups in total. The number of nitrogen functional groups attached to an aromatic ring is 1. The first-order valence-corrected chi connectivity index (χ1v) is 10.9. The Morgan fingerprint density at radius 3 is 2.69 bits per heavy atom. The molecule has 5 rings (SSSR count). The van der Waals surface area contributed by atoms with Gasteiger partial charge in [-0.3, -0.25) is 4.79 Å². The summed E-state index contributed by atoms with van der Waals surface area (Å²) in [4.78, 5) is 32.5. The number of hydrogen-bond donors (Lipinski definition) is 3. The number of rotatable bonds is 7. The summed E-state index contributed by atoms with van der Waals surface area (Å²) in [6, 6.07) is 7.17. The summed E-state index contributed by atoms with van der Waals surface area (Å²) in [7, 11) is 0. The first-order valence-electron chi connectivity index (χ1n) is 10.5. The fourth-order valence-electron chi connectivity index (χ4n) is 3.93. The van der Waals surface area contributed by atoms with E-state index in [0.29, 0.717) is 40.4 Å². The Kier molecular flexibility index (Phi) is 5.48. The molecule has 0 spiro atoms. The van der Waals surface area contributed by atoms with Gasteiger partial charge in [-0.25, -0.2) is 15.0 Å². The van der Waals surface area contributed by atoms with Crippen LogP contribution in [0, 0.1) is 11.8 Å². The van der Waals surface area contributed by atoms with Crippen molar-refractivity contribution in [3.63, 3.8) is 0 Å². The summed E-state index contributed by atoms with van der Waals surface area (Å²) in [6.45, 7) is 2.58. The quantitative estimate of drug-likeness (QED) is 0.469. The molecule has 1 amide bonds. The first kappa shape index (κ1) is 20.4. The molecule has 2 fully saturated rings. The highest BCUT2D eigenvalue weighted by molar-refractivity contribution is 6.33. The summed E-state index contributed by atoms with van der Waals surface area (Å²) < 4.78 is 0. The number of aromatic nitrogens is 4. The standard InChI is InChI=1S/C22H23ClN8O/c23-17-6-13(2-3-18(17)24)8-27-20-16(21(32)28-10-19-25-4-1-5-26-19)9-29-22(30-20)31-11-14-7-15(14)12-31/h1-6,9,14-15H,7-8,10-12,24H2,(H,28,32)(H,27,29,30). The zero-order valence-electron chi connectivity index (χ0n) is 17.3. The molecular weight excluding hydrogens is 428 g/mol. The number of amides is 1. The van der Waals surface area contributed by atoms with Crippen LogP contribution in [0.3, 0.4) is 0 Å². The monoisotopic (exact) mass is 450 g/mol. The summed E-state index contributed by atoms with van der Waals surface area (Å²) in [5, 5.41) is 6.60. The van der Waals surface area contributed by atoms with Gasteiger partial charge in [0.25, 0.3) is 5.91 Å². The van der Waals surface area contributed by atoms with Gasteiger partial charge in [0.2, 0.25) is 5.95 Å². The number of benzene rings is 1. The first-order chi connectivity index (χ1) is 15.6. The number of fused-ring (bicyclic) bond motifs is 1. The molecule has 164 valence electrons. The van der Waals surface area contributed by atoms with Gasteiger partial charge in [-0.2, -0.15) is 4.98 Å². The molecule has 3 heterocycles. The van der Waals surface area contributed by atoms with E-state index in [4.69, 9.17) is 22.3 Å². The van der Waals surface area contributed by atoms with Gasteiger partial charge in [0.1, 0.15) is 17.2 Å². The topological polar surface area (TPSA) is 122 Å². The lowest BCUT2D eigenvalue weighted by atomic mass is 10.2. The molecule has 2 aliphatic rings. The van der Waals surface area contributed by atoms with E-state index in [2.05, 4.69) is 30.5 Å². The summed E-state index contributed by atoms with van der Waals surface area (Å²) >= 11 is 6.14. The molecule has 1 aliphatic carbocycles. The summed E-state index contributed by atoms with van der Waals surface area (Å²) in [5.74, 6) is 2.83. The van der Waals surface area contributed by atoms with Gasteiger partial charge in [0, 0.05) is 38.2 Å². The predicted molar refractivity (Wildman–Crippen MR) is 122 cm³/mol. The molecule has 3 aromatic rings. The van der Waals surface area contributed by atoms with Crippen molar-refractivity contribution in [2.75, 3.05) is 29.0 Å². The van der Waals surface area contributed by atoms with Crippen LogP contribution in [0.25, 0.3) is 0 Å². The maximum Gasteiger partial charge on any atom is 0.256 e. The third kappa shape index (κ3) is 4.43. The zero-order chi connectivity index (χ0) is 22.1. The van der Waals surface area contributed by atoms with Crippen molar-refractivity contribution in [2.24, 2.45) is 11.8 Å². The highest BCUT2D eigenvalue weighted by Crippen LogP contribution is 2.45. The van der Waals surface area contributed by atoms with Crippen LogP contribution in [-0.4, -0.2) is 38.9 Å². The van der Waals surface area contributed by atoms with Gasteiger partial charge in [-0.15, -0.1) is 0 Å². The van der Waals surface area contributed by atoms with Crippen LogP contribution in [0.2, 0.25) is 5.02 Å². The van der Waals surface area contributed by atoms with E-state index in [9.17, 15) is 4.79 Å². The lowest BCUT2D eigenvalue weighted by Crippen LogP contribution is -2.28. The molecule has 1 saturated heterocycles. The molecule has 2 atom stereocenters. The van der Waals surface area contributed by atoms with Crippen LogP contribution >= 0.6 is 11.6 Å². The zero-order valence-corrected chi connectivity index (χ0v) is 18.1. The minimum atomic E-state index is -0.300. The van der Waals surface area contributed by atoms with Gasteiger partial charge in [-0.05, 0) is 42.0 Å². The molecule has 1 aliphatic heterocycles. The molecule has 10 heteroatoms. The number of hydrogen-bond acceptors (Lipinski definition) is 8. The maximum absolute atomic E-state index is 12.9. The second kappa shape index (κ2) is 8.58. The Labute approximate surface area is 190 Å². The Bertz CT molecular complexity index is 1130. The minimum absolute atomic E-state index is 0.212. The number of piperidine rings is 1. The van der Waals surface area contributed by atoms with Crippen molar-refractivity contribution in [3.8, 4) is 0 Å².